The third-order valence-electron chi connectivity index (χ3n) is 3.23. The summed E-state index contributed by atoms with van der Waals surface area (Å²) in [5.41, 5.74) is 0.488. The molecule has 6 heteroatoms. The Morgan fingerprint density at radius 1 is 1.48 bits per heavy atom. The van der Waals surface area contributed by atoms with Crippen LogP contribution in [0, 0.1) is 0 Å². The highest BCUT2D eigenvalue weighted by Gasteiger charge is 2.16. The lowest BCUT2D eigenvalue weighted by Crippen LogP contribution is -2.35. The molecule has 1 atom stereocenters. The van der Waals surface area contributed by atoms with Crippen LogP contribution in [0.15, 0.2) is 18.2 Å². The van der Waals surface area contributed by atoms with Crippen LogP contribution in [0.25, 0.3) is 0 Å². The number of amides is 1. The highest BCUT2D eigenvalue weighted by atomic mass is 16.5. The van der Waals surface area contributed by atoms with Gasteiger partial charge in [0.1, 0.15) is 6.29 Å². The first kappa shape index (κ1) is 15.3. The number of benzene rings is 1. The molecule has 1 aliphatic rings. The Hall–Kier alpha value is -2.08. The van der Waals surface area contributed by atoms with Crippen molar-refractivity contribution >= 4 is 12.2 Å². The molecule has 0 aromatic heterocycles. The summed E-state index contributed by atoms with van der Waals surface area (Å²) < 4.78 is 16.0. The minimum absolute atomic E-state index is 0.107. The fraction of sp³-hybridized carbons (Fsp3) is 0.467. The van der Waals surface area contributed by atoms with Gasteiger partial charge in [0, 0.05) is 18.7 Å². The standard InChI is InChI=1S/C15H19NO5/c1-19-14-7-11(9-17)4-5-13(14)21-10-15(18)16-8-12-3-2-6-20-12/h4-5,7,9,12H,2-3,6,8,10H2,1H3,(H,16,18)/t12-/m0/s1. The van der Waals surface area contributed by atoms with E-state index < -0.39 is 0 Å². The van der Waals surface area contributed by atoms with Crippen molar-refractivity contribution in [1.29, 1.82) is 0 Å². The summed E-state index contributed by atoms with van der Waals surface area (Å²) in [6.07, 6.45) is 2.84. The molecule has 0 spiro atoms. The zero-order valence-corrected chi connectivity index (χ0v) is 12.0. The summed E-state index contributed by atoms with van der Waals surface area (Å²) in [4.78, 5) is 22.4. The summed E-state index contributed by atoms with van der Waals surface area (Å²) in [5, 5.41) is 2.77. The molecular formula is C15H19NO5. The Morgan fingerprint density at radius 3 is 3.00 bits per heavy atom. The first-order valence-electron chi connectivity index (χ1n) is 6.87. The van der Waals surface area contributed by atoms with Crippen LogP contribution in [-0.4, -0.2) is 45.2 Å². The van der Waals surface area contributed by atoms with E-state index in [0.717, 1.165) is 25.7 Å². The first-order valence-corrected chi connectivity index (χ1v) is 6.87. The van der Waals surface area contributed by atoms with Gasteiger partial charge in [-0.1, -0.05) is 0 Å². The molecule has 114 valence electrons. The van der Waals surface area contributed by atoms with Gasteiger partial charge in [-0.2, -0.15) is 0 Å². The number of rotatable bonds is 7. The van der Waals surface area contributed by atoms with E-state index in [-0.39, 0.29) is 18.6 Å². The molecule has 0 unspecified atom stereocenters. The van der Waals surface area contributed by atoms with Crippen molar-refractivity contribution < 1.29 is 23.8 Å². The van der Waals surface area contributed by atoms with Gasteiger partial charge in [-0.05, 0) is 31.0 Å². The Bertz CT molecular complexity index is 497. The Morgan fingerprint density at radius 2 is 2.33 bits per heavy atom. The lowest BCUT2D eigenvalue weighted by molar-refractivity contribution is -0.123. The summed E-state index contributed by atoms with van der Waals surface area (Å²) in [7, 11) is 1.48. The number of hydrogen-bond donors (Lipinski definition) is 1. The highest BCUT2D eigenvalue weighted by molar-refractivity contribution is 5.78. The molecule has 0 radical (unpaired) electrons. The zero-order valence-electron chi connectivity index (χ0n) is 12.0. The highest BCUT2D eigenvalue weighted by Crippen LogP contribution is 2.27. The van der Waals surface area contributed by atoms with Gasteiger partial charge in [0.15, 0.2) is 18.1 Å². The van der Waals surface area contributed by atoms with Gasteiger partial charge in [-0.3, -0.25) is 9.59 Å². The molecule has 1 fully saturated rings. The van der Waals surface area contributed by atoms with Crippen LogP contribution in [0.4, 0.5) is 0 Å². The van der Waals surface area contributed by atoms with E-state index in [2.05, 4.69) is 5.32 Å². The van der Waals surface area contributed by atoms with Crippen LogP contribution < -0.4 is 14.8 Å². The Labute approximate surface area is 123 Å². The van der Waals surface area contributed by atoms with Crippen LogP contribution in [0.5, 0.6) is 11.5 Å². The third-order valence-corrected chi connectivity index (χ3v) is 3.23. The predicted molar refractivity (Wildman–Crippen MR) is 75.9 cm³/mol. The van der Waals surface area contributed by atoms with Crippen LogP contribution >= 0.6 is 0 Å². The van der Waals surface area contributed by atoms with E-state index in [4.69, 9.17) is 14.2 Å². The zero-order chi connectivity index (χ0) is 15.1. The van der Waals surface area contributed by atoms with Crippen LogP contribution in [0.3, 0.4) is 0 Å². The van der Waals surface area contributed by atoms with E-state index in [1.54, 1.807) is 18.2 Å². The predicted octanol–water partition coefficient (Wildman–Crippen LogP) is 1.18. The van der Waals surface area contributed by atoms with Crippen molar-refractivity contribution in [2.75, 3.05) is 26.9 Å². The fourth-order valence-electron chi connectivity index (χ4n) is 2.10. The summed E-state index contributed by atoms with van der Waals surface area (Å²) in [6, 6.07) is 4.78. The maximum absolute atomic E-state index is 11.7. The van der Waals surface area contributed by atoms with Gasteiger partial charge >= 0.3 is 0 Å². The largest absolute Gasteiger partial charge is 0.493 e. The topological polar surface area (TPSA) is 73.9 Å². The maximum atomic E-state index is 11.7. The van der Waals surface area contributed by atoms with Gasteiger partial charge < -0.3 is 19.5 Å². The van der Waals surface area contributed by atoms with Crippen LogP contribution in [0.1, 0.15) is 23.2 Å². The molecule has 1 aromatic rings. The number of carbonyl (C=O) groups is 2. The monoisotopic (exact) mass is 293 g/mol. The van der Waals surface area contributed by atoms with Crippen molar-refractivity contribution in [3.05, 3.63) is 23.8 Å². The van der Waals surface area contributed by atoms with Gasteiger partial charge in [0.05, 0.1) is 13.2 Å². The molecule has 0 bridgehead atoms. The molecule has 1 saturated heterocycles. The molecule has 2 rings (SSSR count). The lowest BCUT2D eigenvalue weighted by Gasteiger charge is -2.13. The first-order chi connectivity index (χ1) is 10.2. The number of methoxy groups -OCH3 is 1. The average molecular weight is 293 g/mol. The second kappa shape index (κ2) is 7.64. The minimum Gasteiger partial charge on any atom is -0.493 e. The normalized spacial score (nSPS) is 17.3. The van der Waals surface area contributed by atoms with E-state index in [0.29, 0.717) is 23.6 Å². The molecule has 1 aliphatic heterocycles. The molecule has 21 heavy (non-hydrogen) atoms. The number of hydrogen-bond acceptors (Lipinski definition) is 5. The van der Waals surface area contributed by atoms with Gasteiger partial charge in [-0.25, -0.2) is 0 Å². The van der Waals surface area contributed by atoms with Crippen molar-refractivity contribution in [2.45, 2.75) is 18.9 Å². The van der Waals surface area contributed by atoms with E-state index >= 15 is 0 Å². The molecule has 1 N–H and O–H groups in total. The van der Waals surface area contributed by atoms with Crippen molar-refractivity contribution in [3.8, 4) is 11.5 Å². The van der Waals surface area contributed by atoms with E-state index in [9.17, 15) is 9.59 Å². The Kier molecular flexibility index (Phi) is 5.57. The van der Waals surface area contributed by atoms with Gasteiger partial charge in [0.2, 0.25) is 0 Å². The van der Waals surface area contributed by atoms with Crippen LogP contribution in [-0.2, 0) is 9.53 Å². The quantitative estimate of drug-likeness (QED) is 0.764. The van der Waals surface area contributed by atoms with Crippen molar-refractivity contribution in [2.24, 2.45) is 0 Å². The number of carbonyl (C=O) groups excluding carboxylic acids is 2. The molecule has 0 saturated carbocycles. The second-order valence-electron chi connectivity index (χ2n) is 4.76. The number of nitrogens with one attached hydrogen (secondary N) is 1. The van der Waals surface area contributed by atoms with Crippen molar-refractivity contribution in [3.63, 3.8) is 0 Å². The summed E-state index contributed by atoms with van der Waals surface area (Å²) in [6.45, 7) is 1.16. The maximum Gasteiger partial charge on any atom is 0.258 e. The molecular weight excluding hydrogens is 274 g/mol. The fourth-order valence-corrected chi connectivity index (χ4v) is 2.10. The van der Waals surface area contributed by atoms with E-state index in [1.807, 2.05) is 0 Å². The molecule has 6 nitrogen and oxygen atoms in total. The van der Waals surface area contributed by atoms with E-state index in [1.165, 1.54) is 7.11 Å². The second-order valence-corrected chi connectivity index (χ2v) is 4.76. The molecule has 1 heterocycles. The number of aldehydes is 1. The van der Waals surface area contributed by atoms with Gasteiger partial charge in [-0.15, -0.1) is 0 Å². The lowest BCUT2D eigenvalue weighted by atomic mass is 10.2. The molecule has 1 amide bonds. The SMILES string of the molecule is COc1cc(C=O)ccc1OCC(=O)NC[C@@H]1CCCO1. The molecule has 1 aromatic carbocycles. The smallest absolute Gasteiger partial charge is 0.258 e. The third kappa shape index (κ3) is 4.46. The van der Waals surface area contributed by atoms with Crippen molar-refractivity contribution in [1.82, 2.24) is 5.32 Å². The average Bonchev–Trinajstić information content (AvgIpc) is 3.04. The minimum atomic E-state index is -0.216. The van der Waals surface area contributed by atoms with Gasteiger partial charge in [0.25, 0.3) is 5.91 Å². The van der Waals surface area contributed by atoms with Crippen LogP contribution in [0.2, 0.25) is 0 Å². The molecule has 0 aliphatic carbocycles. The number of ether oxygens (including phenoxy) is 3. The Balaban J connectivity index is 1.81. The summed E-state index contributed by atoms with van der Waals surface area (Å²) in [5.74, 6) is 0.633. The summed E-state index contributed by atoms with van der Waals surface area (Å²) >= 11 is 0.